The van der Waals surface area contributed by atoms with Crippen LogP contribution in [0.25, 0.3) is 5.57 Å². The van der Waals surface area contributed by atoms with Crippen LogP contribution in [0.3, 0.4) is 0 Å². The molecule has 1 aromatic rings. The first-order valence-electron chi connectivity index (χ1n) is 7.98. The van der Waals surface area contributed by atoms with Crippen molar-refractivity contribution in [2.75, 3.05) is 0 Å². The summed E-state index contributed by atoms with van der Waals surface area (Å²) in [6.07, 6.45) is 18.2. The van der Waals surface area contributed by atoms with Crippen molar-refractivity contribution in [3.63, 3.8) is 0 Å². The molecular formula is C22H15Br. The van der Waals surface area contributed by atoms with Crippen LogP contribution in [0.1, 0.15) is 5.56 Å². The van der Waals surface area contributed by atoms with Crippen LogP contribution < -0.4 is 0 Å². The van der Waals surface area contributed by atoms with Crippen molar-refractivity contribution in [1.82, 2.24) is 0 Å². The highest BCUT2D eigenvalue weighted by Crippen LogP contribution is 2.52. The number of rotatable bonds is 1. The summed E-state index contributed by atoms with van der Waals surface area (Å²) in [6.45, 7) is 0. The zero-order valence-electron chi connectivity index (χ0n) is 12.5. The van der Waals surface area contributed by atoms with Gasteiger partial charge in [-0.2, -0.15) is 0 Å². The molecule has 0 bridgehead atoms. The lowest BCUT2D eigenvalue weighted by molar-refractivity contribution is 0.565. The molecule has 2 unspecified atom stereocenters. The van der Waals surface area contributed by atoms with E-state index in [1.807, 2.05) is 0 Å². The van der Waals surface area contributed by atoms with Gasteiger partial charge in [-0.3, -0.25) is 0 Å². The number of allylic oxidation sites excluding steroid dienone is 14. The largest absolute Gasteiger partial charge is 0.0622 e. The molecule has 0 saturated carbocycles. The molecule has 0 radical (unpaired) electrons. The Bertz CT molecular complexity index is 914. The number of halogens is 1. The van der Waals surface area contributed by atoms with Crippen LogP contribution >= 0.6 is 15.9 Å². The van der Waals surface area contributed by atoms with Crippen LogP contribution in [0.5, 0.6) is 0 Å². The summed E-state index contributed by atoms with van der Waals surface area (Å²) in [4.78, 5) is 0. The molecule has 0 heterocycles. The monoisotopic (exact) mass is 358 g/mol. The quantitative estimate of drug-likeness (QED) is 0.586. The molecule has 0 aliphatic heterocycles. The molecule has 1 aromatic carbocycles. The highest BCUT2D eigenvalue weighted by Gasteiger charge is 2.39. The van der Waals surface area contributed by atoms with Crippen LogP contribution in [0.15, 0.2) is 106 Å². The van der Waals surface area contributed by atoms with E-state index in [1.54, 1.807) is 0 Å². The van der Waals surface area contributed by atoms with Crippen molar-refractivity contribution in [2.24, 2.45) is 11.8 Å². The number of hydrogen-bond donors (Lipinski definition) is 0. The second-order valence-corrected chi connectivity index (χ2v) is 7.18. The molecule has 0 nitrogen and oxygen atoms in total. The third kappa shape index (κ3) is 1.90. The van der Waals surface area contributed by atoms with Crippen molar-refractivity contribution >= 4 is 21.5 Å². The summed E-state index contributed by atoms with van der Waals surface area (Å²) < 4.78 is 1.21. The Hall–Kier alpha value is -2.12. The number of hydrogen-bond acceptors (Lipinski definition) is 0. The van der Waals surface area contributed by atoms with E-state index in [0.717, 1.165) is 0 Å². The van der Waals surface area contributed by atoms with Crippen LogP contribution in [0, 0.1) is 11.8 Å². The maximum Gasteiger partial charge on any atom is 0.0213 e. The summed E-state index contributed by atoms with van der Waals surface area (Å²) in [5.41, 5.74) is 8.35. The smallest absolute Gasteiger partial charge is 0.0213 e. The van der Waals surface area contributed by atoms with Gasteiger partial charge < -0.3 is 0 Å². The first-order valence-corrected chi connectivity index (χ1v) is 8.77. The summed E-state index contributed by atoms with van der Waals surface area (Å²) in [6, 6.07) is 10.7. The first-order chi connectivity index (χ1) is 11.3. The molecule has 0 fully saturated rings. The van der Waals surface area contributed by atoms with E-state index in [9.17, 15) is 0 Å². The Labute approximate surface area is 144 Å². The lowest BCUT2D eigenvalue weighted by Gasteiger charge is -2.41. The molecule has 5 rings (SSSR count). The van der Waals surface area contributed by atoms with Crippen molar-refractivity contribution < 1.29 is 0 Å². The van der Waals surface area contributed by atoms with Gasteiger partial charge in [-0.15, -0.1) is 0 Å². The Morgan fingerprint density at radius 1 is 0.696 bits per heavy atom. The second-order valence-electron chi connectivity index (χ2n) is 6.33. The average Bonchev–Trinajstić information content (AvgIpc) is 2.62. The van der Waals surface area contributed by atoms with Gasteiger partial charge in [0, 0.05) is 16.3 Å². The van der Waals surface area contributed by atoms with Crippen LogP contribution in [0.2, 0.25) is 0 Å². The predicted octanol–water partition coefficient (Wildman–Crippen LogP) is 5.90. The topological polar surface area (TPSA) is 0 Å². The molecule has 4 aliphatic carbocycles. The van der Waals surface area contributed by atoms with Gasteiger partial charge in [-0.05, 0) is 39.5 Å². The second kappa shape index (κ2) is 4.94. The van der Waals surface area contributed by atoms with E-state index >= 15 is 0 Å². The first kappa shape index (κ1) is 13.3. The third-order valence-electron chi connectivity index (χ3n) is 5.17. The van der Waals surface area contributed by atoms with Crippen molar-refractivity contribution in [1.29, 1.82) is 0 Å². The molecule has 4 aliphatic rings. The fraction of sp³-hybridized carbons (Fsp3) is 0.0909. The standard InChI is InChI=1S/C22H15Br/c23-20-13-9-16-7-11-18-17(14-4-2-1-3-5-14)10-6-15-8-12-19(20)22(16)21(15)18/h1-13,21-22H. The zero-order chi connectivity index (χ0) is 15.4. The minimum atomic E-state index is 0.438. The molecule has 110 valence electrons. The van der Waals surface area contributed by atoms with E-state index < -0.39 is 0 Å². The summed E-state index contributed by atoms with van der Waals surface area (Å²) in [5, 5.41) is 0. The van der Waals surface area contributed by atoms with E-state index in [0.29, 0.717) is 11.8 Å². The molecule has 0 N–H and O–H groups in total. The predicted molar refractivity (Wildman–Crippen MR) is 99.9 cm³/mol. The van der Waals surface area contributed by atoms with Gasteiger partial charge in [0.1, 0.15) is 0 Å². The molecule has 2 atom stereocenters. The maximum absolute atomic E-state index is 3.74. The van der Waals surface area contributed by atoms with E-state index in [4.69, 9.17) is 0 Å². The van der Waals surface area contributed by atoms with E-state index in [2.05, 4.69) is 94.9 Å². The minimum Gasteiger partial charge on any atom is -0.0622 e. The van der Waals surface area contributed by atoms with Crippen LogP contribution in [-0.2, 0) is 0 Å². The van der Waals surface area contributed by atoms with Gasteiger partial charge in [-0.25, -0.2) is 0 Å². The summed E-state index contributed by atoms with van der Waals surface area (Å²) >= 11 is 3.74. The highest BCUT2D eigenvalue weighted by molar-refractivity contribution is 9.12. The zero-order valence-corrected chi connectivity index (χ0v) is 14.1. The fourth-order valence-corrected chi connectivity index (χ4v) is 4.63. The van der Waals surface area contributed by atoms with Crippen molar-refractivity contribution in [2.45, 2.75) is 0 Å². The van der Waals surface area contributed by atoms with Gasteiger partial charge in [0.05, 0.1) is 0 Å². The summed E-state index contributed by atoms with van der Waals surface area (Å²) in [5.74, 6) is 0.880. The molecule has 0 saturated heterocycles. The SMILES string of the molecule is BrC1=CC=C2C=CC3=C(c4ccccc4)C=CC4=CC=C1C2C43. The molecular weight excluding hydrogens is 344 g/mol. The summed E-state index contributed by atoms with van der Waals surface area (Å²) in [7, 11) is 0. The van der Waals surface area contributed by atoms with Crippen molar-refractivity contribution in [3.05, 3.63) is 111 Å². The highest BCUT2D eigenvalue weighted by atomic mass is 79.9. The average molecular weight is 359 g/mol. The van der Waals surface area contributed by atoms with Gasteiger partial charge in [0.2, 0.25) is 0 Å². The van der Waals surface area contributed by atoms with E-state index in [-0.39, 0.29) is 0 Å². The lowest BCUT2D eigenvalue weighted by Crippen LogP contribution is -2.29. The molecule has 0 spiro atoms. The normalized spacial score (nSPS) is 27.0. The van der Waals surface area contributed by atoms with Crippen LogP contribution in [0.4, 0.5) is 0 Å². The Kier molecular flexibility index (Phi) is 2.86. The van der Waals surface area contributed by atoms with Crippen molar-refractivity contribution in [3.8, 4) is 0 Å². The number of benzene rings is 1. The Morgan fingerprint density at radius 3 is 2.30 bits per heavy atom. The molecule has 0 aromatic heterocycles. The Morgan fingerprint density at radius 2 is 1.43 bits per heavy atom. The van der Waals surface area contributed by atoms with Gasteiger partial charge >= 0.3 is 0 Å². The van der Waals surface area contributed by atoms with Gasteiger partial charge in [-0.1, -0.05) is 88.8 Å². The third-order valence-corrected chi connectivity index (χ3v) is 5.89. The molecule has 1 heteroatoms. The fourth-order valence-electron chi connectivity index (χ4n) is 4.12. The Balaban J connectivity index is 1.76. The maximum atomic E-state index is 3.74. The van der Waals surface area contributed by atoms with Crippen LogP contribution in [-0.4, -0.2) is 0 Å². The molecule has 23 heavy (non-hydrogen) atoms. The van der Waals surface area contributed by atoms with E-state index in [1.165, 1.54) is 37.9 Å². The van der Waals surface area contributed by atoms with Gasteiger partial charge in [0.25, 0.3) is 0 Å². The van der Waals surface area contributed by atoms with Gasteiger partial charge in [0.15, 0.2) is 0 Å². The lowest BCUT2D eigenvalue weighted by atomic mass is 9.63. The minimum absolute atomic E-state index is 0.438. The molecule has 0 amide bonds.